The predicted octanol–water partition coefficient (Wildman–Crippen LogP) is 6.24. The minimum absolute atomic E-state index is 0.00891. The lowest BCUT2D eigenvalue weighted by Crippen LogP contribution is -2.30. The van der Waals surface area contributed by atoms with Crippen LogP contribution in [0.15, 0.2) is 114 Å². The van der Waals surface area contributed by atoms with Crippen LogP contribution in [0.3, 0.4) is 0 Å². The summed E-state index contributed by atoms with van der Waals surface area (Å²) in [5, 5.41) is 7.85. The first-order chi connectivity index (χ1) is 19.7. The molecule has 0 unspecified atom stereocenters. The Hall–Kier alpha value is -4.90. The third-order valence-electron chi connectivity index (χ3n) is 5.46. The third kappa shape index (κ3) is 8.80. The second-order valence-electron chi connectivity index (χ2n) is 8.56. The van der Waals surface area contributed by atoms with Crippen LogP contribution >= 0.6 is 11.8 Å². The van der Waals surface area contributed by atoms with Gasteiger partial charge in [-0.15, -0.1) is 11.8 Å². The largest absolute Gasteiger partial charge is 0.416 e. The average Bonchev–Trinajstić information content (AvgIpc) is 2.96. The van der Waals surface area contributed by atoms with Crippen LogP contribution in [-0.4, -0.2) is 28.5 Å². The predicted molar refractivity (Wildman–Crippen MR) is 152 cm³/mol. The number of aromatic nitrogens is 1. The summed E-state index contributed by atoms with van der Waals surface area (Å²) in [4.78, 5) is 43.0. The van der Waals surface area contributed by atoms with E-state index >= 15 is 0 Å². The zero-order valence-corrected chi connectivity index (χ0v) is 22.1. The summed E-state index contributed by atoms with van der Waals surface area (Å²) in [5.41, 5.74) is 0.552. The lowest BCUT2D eigenvalue weighted by molar-refractivity contribution is -0.137. The van der Waals surface area contributed by atoms with E-state index in [0.717, 1.165) is 23.9 Å². The number of pyridine rings is 1. The maximum Gasteiger partial charge on any atom is 0.416 e. The molecule has 0 bridgehead atoms. The zero-order chi connectivity index (χ0) is 29.2. The number of carbonyl (C=O) groups is 3. The van der Waals surface area contributed by atoms with Crippen LogP contribution in [-0.2, 0) is 15.8 Å². The Morgan fingerprint density at radius 1 is 0.829 bits per heavy atom. The molecule has 11 heteroatoms. The molecule has 208 valence electrons. The molecule has 0 aliphatic rings. The topological polar surface area (TPSA) is 100 Å². The van der Waals surface area contributed by atoms with Crippen molar-refractivity contribution in [1.29, 1.82) is 0 Å². The third-order valence-corrected chi connectivity index (χ3v) is 6.45. The Kier molecular flexibility index (Phi) is 9.54. The van der Waals surface area contributed by atoms with Gasteiger partial charge in [-0.25, -0.2) is 0 Å². The first-order valence-corrected chi connectivity index (χ1v) is 13.2. The molecular formula is C30H23F3N4O3S. The normalized spacial score (nSPS) is 11.4. The number of anilines is 2. The second kappa shape index (κ2) is 13.4. The van der Waals surface area contributed by atoms with Crippen molar-refractivity contribution >= 4 is 46.9 Å². The van der Waals surface area contributed by atoms with Crippen molar-refractivity contribution in [2.75, 3.05) is 16.4 Å². The maximum absolute atomic E-state index is 13.2. The summed E-state index contributed by atoms with van der Waals surface area (Å²) in [6.45, 7) is 0. The number of nitrogens with zero attached hydrogens (tertiary/aromatic N) is 1. The number of carbonyl (C=O) groups excluding carboxylic acids is 3. The highest BCUT2D eigenvalue weighted by Gasteiger charge is 2.30. The van der Waals surface area contributed by atoms with E-state index in [4.69, 9.17) is 0 Å². The minimum atomic E-state index is -4.52. The number of hydrogen-bond donors (Lipinski definition) is 3. The lowest BCUT2D eigenvalue weighted by Gasteiger charge is -2.12. The number of thioether (sulfide) groups is 1. The van der Waals surface area contributed by atoms with E-state index in [2.05, 4.69) is 20.9 Å². The maximum atomic E-state index is 13.2. The lowest BCUT2D eigenvalue weighted by atomic mass is 10.2. The van der Waals surface area contributed by atoms with Crippen LogP contribution in [0.2, 0.25) is 0 Å². The molecule has 0 saturated carbocycles. The summed E-state index contributed by atoms with van der Waals surface area (Å²) in [5.74, 6) is -1.61. The summed E-state index contributed by atoms with van der Waals surface area (Å²) < 4.78 is 38.8. The van der Waals surface area contributed by atoms with Gasteiger partial charge in [0, 0.05) is 34.2 Å². The molecular weight excluding hydrogens is 553 g/mol. The number of halogens is 3. The van der Waals surface area contributed by atoms with E-state index in [9.17, 15) is 27.6 Å². The van der Waals surface area contributed by atoms with Crippen LogP contribution < -0.4 is 16.0 Å². The molecule has 0 radical (unpaired) electrons. The van der Waals surface area contributed by atoms with Crippen LogP contribution in [0.5, 0.6) is 0 Å². The van der Waals surface area contributed by atoms with Crippen molar-refractivity contribution in [3.63, 3.8) is 0 Å². The van der Waals surface area contributed by atoms with E-state index in [1.54, 1.807) is 79.1 Å². The Bertz CT molecular complexity index is 1560. The fraction of sp³-hybridized carbons (Fsp3) is 0.0667. The molecule has 41 heavy (non-hydrogen) atoms. The molecule has 4 rings (SSSR count). The van der Waals surface area contributed by atoms with E-state index < -0.39 is 29.5 Å². The molecule has 3 N–H and O–H groups in total. The molecule has 0 spiro atoms. The fourth-order valence-electron chi connectivity index (χ4n) is 3.55. The monoisotopic (exact) mass is 576 g/mol. The van der Waals surface area contributed by atoms with Gasteiger partial charge in [-0.3, -0.25) is 19.4 Å². The number of nitrogens with one attached hydrogen (secondary N) is 3. The van der Waals surface area contributed by atoms with Crippen molar-refractivity contribution in [1.82, 2.24) is 10.3 Å². The summed E-state index contributed by atoms with van der Waals surface area (Å²) in [6.07, 6.45) is 0.115. The molecule has 1 aromatic heterocycles. The zero-order valence-electron chi connectivity index (χ0n) is 21.3. The van der Waals surface area contributed by atoms with Crippen LogP contribution in [0.4, 0.5) is 24.5 Å². The van der Waals surface area contributed by atoms with Crippen molar-refractivity contribution < 1.29 is 27.6 Å². The van der Waals surface area contributed by atoms with Crippen LogP contribution in [0, 0.1) is 0 Å². The number of rotatable bonds is 9. The highest BCUT2D eigenvalue weighted by molar-refractivity contribution is 8.00. The smallest absolute Gasteiger partial charge is 0.325 e. The van der Waals surface area contributed by atoms with Gasteiger partial charge in [-0.2, -0.15) is 13.2 Å². The van der Waals surface area contributed by atoms with Gasteiger partial charge in [0.2, 0.25) is 5.91 Å². The molecule has 1 heterocycles. The highest BCUT2D eigenvalue weighted by Crippen LogP contribution is 2.31. The fourth-order valence-corrected chi connectivity index (χ4v) is 4.31. The van der Waals surface area contributed by atoms with Gasteiger partial charge < -0.3 is 16.0 Å². The van der Waals surface area contributed by atoms with E-state index in [-0.39, 0.29) is 17.1 Å². The van der Waals surface area contributed by atoms with Gasteiger partial charge in [0.05, 0.1) is 11.3 Å². The summed E-state index contributed by atoms with van der Waals surface area (Å²) >= 11 is 1.14. The van der Waals surface area contributed by atoms with Gasteiger partial charge >= 0.3 is 6.18 Å². The SMILES string of the molecule is O=C(CSc1cccc(NC(=O)/C(=C/c2cccnc2)NC(=O)c2ccccc2)c1)Nc1cccc(C(F)(F)F)c1. The summed E-state index contributed by atoms with van der Waals surface area (Å²) in [6, 6.07) is 22.9. The van der Waals surface area contributed by atoms with Crippen LogP contribution in [0.25, 0.3) is 6.08 Å². The van der Waals surface area contributed by atoms with Gasteiger partial charge in [-0.05, 0) is 66.2 Å². The van der Waals surface area contributed by atoms with E-state index in [0.29, 0.717) is 21.7 Å². The number of hydrogen-bond acceptors (Lipinski definition) is 5. The van der Waals surface area contributed by atoms with Gasteiger partial charge in [0.25, 0.3) is 11.8 Å². The van der Waals surface area contributed by atoms with Crippen molar-refractivity contribution in [3.05, 3.63) is 126 Å². The van der Waals surface area contributed by atoms with Gasteiger partial charge in [0.15, 0.2) is 0 Å². The Morgan fingerprint density at radius 3 is 2.27 bits per heavy atom. The molecule has 0 fully saturated rings. The Balaban J connectivity index is 1.41. The number of alkyl halides is 3. The average molecular weight is 577 g/mol. The number of benzene rings is 3. The molecule has 3 amide bonds. The molecule has 0 atom stereocenters. The molecule has 0 aliphatic heterocycles. The number of amides is 3. The van der Waals surface area contributed by atoms with E-state index in [1.165, 1.54) is 18.2 Å². The first kappa shape index (κ1) is 29.1. The molecule has 4 aromatic rings. The van der Waals surface area contributed by atoms with Crippen molar-refractivity contribution in [2.45, 2.75) is 11.1 Å². The molecule has 3 aromatic carbocycles. The summed E-state index contributed by atoms with van der Waals surface area (Å²) in [7, 11) is 0. The van der Waals surface area contributed by atoms with Crippen molar-refractivity contribution in [2.24, 2.45) is 0 Å². The van der Waals surface area contributed by atoms with E-state index in [1.807, 2.05) is 0 Å². The minimum Gasteiger partial charge on any atom is -0.325 e. The second-order valence-corrected chi connectivity index (χ2v) is 9.61. The highest BCUT2D eigenvalue weighted by atomic mass is 32.2. The Morgan fingerprint density at radius 2 is 1.56 bits per heavy atom. The van der Waals surface area contributed by atoms with Gasteiger partial charge in [0.1, 0.15) is 5.70 Å². The molecule has 0 saturated heterocycles. The van der Waals surface area contributed by atoms with Crippen molar-refractivity contribution in [3.8, 4) is 0 Å². The molecule has 7 nitrogen and oxygen atoms in total. The first-order valence-electron chi connectivity index (χ1n) is 12.2. The quantitative estimate of drug-likeness (QED) is 0.162. The standard InChI is InChI=1S/C30H23F3N4O3S/c31-30(32,33)22-10-4-11-23(16-22)35-27(38)19-41-25-13-5-12-24(17-25)36-29(40)26(15-20-7-6-14-34-18-20)37-28(39)21-8-2-1-3-9-21/h1-18H,19H2,(H,35,38)(H,36,40)(H,37,39)/b26-15-. The Labute approximate surface area is 237 Å². The van der Waals surface area contributed by atoms with Gasteiger partial charge in [-0.1, -0.05) is 36.4 Å². The van der Waals surface area contributed by atoms with Crippen LogP contribution in [0.1, 0.15) is 21.5 Å². The molecule has 0 aliphatic carbocycles.